The van der Waals surface area contributed by atoms with Crippen LogP contribution in [-0.4, -0.2) is 21.8 Å². The van der Waals surface area contributed by atoms with Gasteiger partial charge in [-0.15, -0.1) is 0 Å². The highest BCUT2D eigenvalue weighted by molar-refractivity contribution is 6.52. The van der Waals surface area contributed by atoms with Crippen LogP contribution in [0, 0.1) is 13.8 Å². The molecule has 0 radical (unpaired) electrons. The average Bonchev–Trinajstić information content (AvgIpc) is 3.06. The summed E-state index contributed by atoms with van der Waals surface area (Å²) in [6.07, 6.45) is 1.60. The third-order valence-corrected chi connectivity index (χ3v) is 6.68. The Morgan fingerprint density at radius 1 is 1.03 bits per heavy atom. The second kappa shape index (κ2) is 8.73. The van der Waals surface area contributed by atoms with Gasteiger partial charge in [-0.1, -0.05) is 56.6 Å². The molecule has 0 aliphatic carbocycles. The number of rotatable bonds is 3. The maximum absolute atomic E-state index is 13.4. The molecule has 1 aromatic heterocycles. The van der Waals surface area contributed by atoms with Gasteiger partial charge in [0.15, 0.2) is 0 Å². The van der Waals surface area contributed by atoms with Crippen molar-refractivity contribution in [3.05, 3.63) is 99.3 Å². The van der Waals surface area contributed by atoms with E-state index >= 15 is 0 Å². The van der Waals surface area contributed by atoms with Crippen LogP contribution in [0.1, 0.15) is 54.8 Å². The van der Waals surface area contributed by atoms with Gasteiger partial charge < -0.3 is 5.11 Å². The lowest BCUT2D eigenvalue weighted by atomic mass is 9.84. The van der Waals surface area contributed by atoms with Crippen LogP contribution in [0.15, 0.2) is 66.4 Å². The molecule has 4 rings (SSSR count). The van der Waals surface area contributed by atoms with Crippen molar-refractivity contribution in [3.8, 4) is 0 Å². The average molecular weight is 475 g/mol. The lowest BCUT2D eigenvalue weighted by Crippen LogP contribution is -2.30. The molecule has 1 fully saturated rings. The number of halogens is 1. The van der Waals surface area contributed by atoms with Crippen LogP contribution < -0.4 is 4.90 Å². The number of carbonyl (C=O) groups is 2. The molecule has 1 unspecified atom stereocenters. The normalized spacial score (nSPS) is 17.9. The van der Waals surface area contributed by atoms with Gasteiger partial charge in [-0.3, -0.25) is 19.5 Å². The van der Waals surface area contributed by atoms with Crippen LogP contribution in [0.4, 0.5) is 5.69 Å². The van der Waals surface area contributed by atoms with Crippen molar-refractivity contribution in [2.45, 2.75) is 46.1 Å². The second-order valence-electron chi connectivity index (χ2n) is 9.59. The molecule has 1 amide bonds. The van der Waals surface area contributed by atoms with Crippen LogP contribution in [0.5, 0.6) is 0 Å². The Kier molecular flexibility index (Phi) is 6.09. The first-order chi connectivity index (χ1) is 16.0. The van der Waals surface area contributed by atoms with Gasteiger partial charge in [0.1, 0.15) is 11.8 Å². The predicted molar refractivity (Wildman–Crippen MR) is 135 cm³/mol. The molecule has 2 aromatic carbocycles. The number of benzene rings is 2. The van der Waals surface area contributed by atoms with Crippen molar-refractivity contribution in [3.63, 3.8) is 0 Å². The van der Waals surface area contributed by atoms with E-state index in [9.17, 15) is 14.7 Å². The molecular formula is C28H27ClN2O3. The van der Waals surface area contributed by atoms with Gasteiger partial charge in [0.05, 0.1) is 11.3 Å². The third-order valence-electron chi connectivity index (χ3n) is 6.27. The number of ketones is 1. The van der Waals surface area contributed by atoms with Crippen molar-refractivity contribution in [1.82, 2.24) is 4.98 Å². The highest BCUT2D eigenvalue weighted by atomic mass is 35.5. The Balaban J connectivity index is 2.00. The van der Waals surface area contributed by atoms with E-state index in [4.69, 9.17) is 11.6 Å². The number of hydrogen-bond donors (Lipinski definition) is 1. The second-order valence-corrected chi connectivity index (χ2v) is 9.99. The van der Waals surface area contributed by atoms with Crippen molar-refractivity contribution in [2.24, 2.45) is 0 Å². The summed E-state index contributed by atoms with van der Waals surface area (Å²) in [7, 11) is 0. The van der Waals surface area contributed by atoms with E-state index < -0.39 is 17.7 Å². The Labute approximate surface area is 204 Å². The molecule has 1 aliphatic rings. The minimum atomic E-state index is -0.893. The van der Waals surface area contributed by atoms with Crippen molar-refractivity contribution >= 4 is 34.7 Å². The number of nitrogens with zero attached hydrogens (tertiary/aromatic N) is 2. The van der Waals surface area contributed by atoms with E-state index in [-0.39, 0.29) is 16.7 Å². The summed E-state index contributed by atoms with van der Waals surface area (Å²) in [4.78, 5) is 32.6. The van der Waals surface area contributed by atoms with Crippen LogP contribution in [0.2, 0.25) is 5.02 Å². The van der Waals surface area contributed by atoms with Crippen molar-refractivity contribution in [1.29, 1.82) is 0 Å². The lowest BCUT2D eigenvalue weighted by Gasteiger charge is -2.26. The largest absolute Gasteiger partial charge is 0.507 e. The zero-order valence-electron chi connectivity index (χ0n) is 19.9. The Morgan fingerprint density at radius 3 is 2.41 bits per heavy atom. The highest BCUT2D eigenvalue weighted by Gasteiger charge is 2.48. The number of Topliss-reactive ketones (excluding diaryl/α,β-unsaturated/α-hetero) is 1. The molecular weight excluding hydrogens is 448 g/mol. The van der Waals surface area contributed by atoms with Gasteiger partial charge in [0, 0.05) is 22.5 Å². The van der Waals surface area contributed by atoms with Crippen LogP contribution in [0.3, 0.4) is 0 Å². The van der Waals surface area contributed by atoms with Gasteiger partial charge in [-0.25, -0.2) is 0 Å². The van der Waals surface area contributed by atoms with E-state index in [1.54, 1.807) is 49.5 Å². The zero-order valence-corrected chi connectivity index (χ0v) is 20.6. The topological polar surface area (TPSA) is 70.5 Å². The molecule has 3 aromatic rings. The third kappa shape index (κ3) is 4.01. The van der Waals surface area contributed by atoms with E-state index in [2.05, 4.69) is 25.8 Å². The fourth-order valence-corrected chi connectivity index (χ4v) is 4.41. The fourth-order valence-electron chi connectivity index (χ4n) is 4.24. The molecule has 6 heteroatoms. The highest BCUT2D eigenvalue weighted by Crippen LogP contribution is 2.44. The molecule has 174 valence electrons. The summed E-state index contributed by atoms with van der Waals surface area (Å²) in [6, 6.07) is 15.4. The predicted octanol–water partition coefficient (Wildman–Crippen LogP) is 6.28. The molecule has 0 saturated carbocycles. The monoisotopic (exact) mass is 474 g/mol. The standard InChI is InChI=1S/C28H27ClN2O3/c1-16-12-13-18(28(3,4)5)15-19(16)25(32)23-24(21-10-6-7-14-30-21)31(27(34)26(23)33)22-11-8-9-20(29)17(22)2/h6-15,24,32H,1-5H3/b25-23+. The minimum absolute atomic E-state index is 0.0113. The quantitative estimate of drug-likeness (QED) is 0.275. The number of amides is 1. The molecule has 1 saturated heterocycles. The molecule has 1 N–H and O–H groups in total. The zero-order chi connectivity index (χ0) is 24.8. The molecule has 2 heterocycles. The van der Waals surface area contributed by atoms with Crippen LogP contribution in [-0.2, 0) is 15.0 Å². The molecule has 1 atom stereocenters. The first-order valence-electron chi connectivity index (χ1n) is 11.1. The first kappa shape index (κ1) is 23.7. The Bertz CT molecular complexity index is 1320. The maximum atomic E-state index is 13.4. The lowest BCUT2D eigenvalue weighted by molar-refractivity contribution is -0.132. The van der Waals surface area contributed by atoms with Crippen LogP contribution in [0.25, 0.3) is 5.76 Å². The van der Waals surface area contributed by atoms with E-state index in [0.717, 1.165) is 11.1 Å². The minimum Gasteiger partial charge on any atom is -0.507 e. The van der Waals surface area contributed by atoms with Gasteiger partial charge >= 0.3 is 0 Å². The SMILES string of the molecule is Cc1ccc(C(C)(C)C)cc1/C(O)=C1\C(=O)C(=O)N(c2cccc(Cl)c2C)C1c1ccccn1. The fraction of sp³-hybridized carbons (Fsp3) is 0.250. The summed E-state index contributed by atoms with van der Waals surface area (Å²) in [5, 5.41) is 12.0. The molecule has 0 bridgehead atoms. The molecule has 34 heavy (non-hydrogen) atoms. The number of aliphatic hydroxyl groups excluding tert-OH is 1. The number of hydrogen-bond acceptors (Lipinski definition) is 4. The number of aryl methyl sites for hydroxylation is 1. The van der Waals surface area contributed by atoms with Gasteiger partial charge in [-0.2, -0.15) is 0 Å². The van der Waals surface area contributed by atoms with Gasteiger partial charge in [0.2, 0.25) is 0 Å². The van der Waals surface area contributed by atoms with Crippen molar-refractivity contribution < 1.29 is 14.7 Å². The summed E-state index contributed by atoms with van der Waals surface area (Å²) >= 11 is 6.35. The number of pyridine rings is 1. The summed E-state index contributed by atoms with van der Waals surface area (Å²) < 4.78 is 0. The molecule has 5 nitrogen and oxygen atoms in total. The Morgan fingerprint density at radius 2 is 1.76 bits per heavy atom. The summed E-state index contributed by atoms with van der Waals surface area (Å²) in [5.41, 5.74) is 3.83. The maximum Gasteiger partial charge on any atom is 0.300 e. The van der Waals surface area contributed by atoms with E-state index in [0.29, 0.717) is 27.5 Å². The van der Waals surface area contributed by atoms with Gasteiger partial charge in [-0.05, 0) is 66.3 Å². The smallest absolute Gasteiger partial charge is 0.300 e. The van der Waals surface area contributed by atoms with Crippen LogP contribution >= 0.6 is 11.6 Å². The molecule has 1 aliphatic heterocycles. The van der Waals surface area contributed by atoms with E-state index in [1.165, 1.54) is 4.90 Å². The van der Waals surface area contributed by atoms with Gasteiger partial charge in [0.25, 0.3) is 11.7 Å². The first-order valence-corrected chi connectivity index (χ1v) is 11.5. The number of aromatic nitrogens is 1. The van der Waals surface area contributed by atoms with Crippen molar-refractivity contribution in [2.75, 3.05) is 4.90 Å². The summed E-state index contributed by atoms with van der Waals surface area (Å²) in [6.45, 7) is 9.90. The summed E-state index contributed by atoms with van der Waals surface area (Å²) in [5.74, 6) is -1.69. The Hall–Kier alpha value is -3.44. The molecule has 0 spiro atoms. The number of anilines is 1. The van der Waals surface area contributed by atoms with E-state index in [1.807, 2.05) is 25.1 Å². The number of carbonyl (C=O) groups excluding carboxylic acids is 2. The number of aliphatic hydroxyl groups is 1.